The molecular formula is C10H18N4. The number of rotatable bonds is 2. The molecule has 0 amide bonds. The van der Waals surface area contributed by atoms with E-state index in [1.807, 2.05) is 13.2 Å². The average molecular weight is 194 g/mol. The van der Waals surface area contributed by atoms with Crippen molar-refractivity contribution in [1.29, 1.82) is 0 Å². The third-order valence-electron chi connectivity index (χ3n) is 2.87. The maximum absolute atomic E-state index is 4.10. The number of hydrogen-bond acceptors (Lipinski definition) is 3. The Balaban J connectivity index is 1.86. The highest BCUT2D eigenvalue weighted by molar-refractivity contribution is 4.96. The van der Waals surface area contributed by atoms with E-state index in [1.54, 1.807) is 4.68 Å². The van der Waals surface area contributed by atoms with Gasteiger partial charge in [-0.05, 0) is 25.3 Å². The van der Waals surface area contributed by atoms with Crippen molar-refractivity contribution < 1.29 is 0 Å². The molecule has 2 heterocycles. The van der Waals surface area contributed by atoms with Crippen LogP contribution in [0, 0.1) is 5.92 Å². The van der Waals surface area contributed by atoms with Gasteiger partial charge < -0.3 is 5.32 Å². The Kier molecular flexibility index (Phi) is 2.82. The lowest BCUT2D eigenvalue weighted by atomic mass is 9.94. The van der Waals surface area contributed by atoms with Crippen LogP contribution < -0.4 is 5.32 Å². The van der Waals surface area contributed by atoms with Crippen LogP contribution in [0.25, 0.3) is 0 Å². The molecule has 0 radical (unpaired) electrons. The Morgan fingerprint density at radius 2 is 2.43 bits per heavy atom. The van der Waals surface area contributed by atoms with Crippen LogP contribution in [-0.2, 0) is 13.5 Å². The Morgan fingerprint density at radius 3 is 3.00 bits per heavy atom. The average Bonchev–Trinajstić information content (AvgIpc) is 2.56. The molecule has 1 aromatic rings. The number of nitrogens with one attached hydrogen (secondary N) is 1. The summed E-state index contributed by atoms with van der Waals surface area (Å²) in [4.78, 5) is 0. The molecule has 1 fully saturated rings. The van der Waals surface area contributed by atoms with E-state index in [2.05, 4.69) is 22.6 Å². The third kappa shape index (κ3) is 2.32. The Bertz CT molecular complexity index is 286. The van der Waals surface area contributed by atoms with Gasteiger partial charge in [0, 0.05) is 25.7 Å². The first-order valence-corrected chi connectivity index (χ1v) is 5.32. The minimum atomic E-state index is 0.600. The van der Waals surface area contributed by atoms with Crippen molar-refractivity contribution in [2.24, 2.45) is 13.0 Å². The monoisotopic (exact) mass is 194 g/mol. The lowest BCUT2D eigenvalue weighted by Crippen LogP contribution is -2.39. The van der Waals surface area contributed by atoms with Crippen LogP contribution in [0.2, 0.25) is 0 Å². The van der Waals surface area contributed by atoms with Crippen LogP contribution >= 0.6 is 0 Å². The zero-order valence-electron chi connectivity index (χ0n) is 8.90. The van der Waals surface area contributed by atoms with Crippen LogP contribution in [0.15, 0.2) is 6.20 Å². The molecule has 1 N–H and O–H groups in total. The van der Waals surface area contributed by atoms with Gasteiger partial charge in [-0.2, -0.15) is 0 Å². The van der Waals surface area contributed by atoms with E-state index in [1.165, 1.54) is 12.8 Å². The smallest absolute Gasteiger partial charge is 0.0842 e. The second-order valence-corrected chi connectivity index (χ2v) is 4.38. The fourth-order valence-corrected chi connectivity index (χ4v) is 1.97. The second-order valence-electron chi connectivity index (χ2n) is 4.38. The zero-order chi connectivity index (χ0) is 9.97. The minimum absolute atomic E-state index is 0.600. The summed E-state index contributed by atoms with van der Waals surface area (Å²) in [6.45, 7) is 3.44. The molecule has 2 atom stereocenters. The molecule has 2 rings (SSSR count). The quantitative estimate of drug-likeness (QED) is 0.755. The van der Waals surface area contributed by atoms with Crippen molar-refractivity contribution >= 4 is 0 Å². The molecular weight excluding hydrogens is 176 g/mol. The van der Waals surface area contributed by atoms with Crippen LogP contribution in [0.1, 0.15) is 25.5 Å². The molecule has 78 valence electrons. The topological polar surface area (TPSA) is 42.7 Å². The standard InChI is InChI=1S/C10H18N4/c1-8-3-4-9(11-6-8)5-10-7-14(2)13-12-10/h7-9,11H,3-6H2,1-2H3. The van der Waals surface area contributed by atoms with Crippen LogP contribution in [0.3, 0.4) is 0 Å². The largest absolute Gasteiger partial charge is 0.313 e. The Labute approximate surface area is 84.7 Å². The van der Waals surface area contributed by atoms with Gasteiger partial charge in [0.1, 0.15) is 0 Å². The highest BCUT2D eigenvalue weighted by Crippen LogP contribution is 2.15. The SMILES string of the molecule is CC1CCC(Cc2cn(C)nn2)NC1. The third-order valence-corrected chi connectivity index (χ3v) is 2.87. The molecule has 1 aliphatic heterocycles. The van der Waals surface area contributed by atoms with Crippen LogP contribution in [-0.4, -0.2) is 27.6 Å². The molecule has 4 heteroatoms. The molecule has 1 aromatic heterocycles. The van der Waals surface area contributed by atoms with Gasteiger partial charge in [-0.3, -0.25) is 4.68 Å². The van der Waals surface area contributed by atoms with Gasteiger partial charge in [0.25, 0.3) is 0 Å². The second kappa shape index (κ2) is 4.09. The Hall–Kier alpha value is -0.900. The summed E-state index contributed by atoms with van der Waals surface area (Å²) in [6, 6.07) is 0.600. The van der Waals surface area contributed by atoms with Crippen molar-refractivity contribution in [2.45, 2.75) is 32.2 Å². The molecule has 0 saturated carbocycles. The van der Waals surface area contributed by atoms with Gasteiger partial charge in [-0.1, -0.05) is 12.1 Å². The molecule has 1 saturated heterocycles. The first-order chi connectivity index (χ1) is 6.74. The van der Waals surface area contributed by atoms with Crippen molar-refractivity contribution in [1.82, 2.24) is 20.3 Å². The molecule has 2 unspecified atom stereocenters. The molecule has 0 aromatic carbocycles. The van der Waals surface area contributed by atoms with E-state index >= 15 is 0 Å². The summed E-state index contributed by atoms with van der Waals surface area (Å²) in [7, 11) is 1.91. The summed E-state index contributed by atoms with van der Waals surface area (Å²) in [5, 5.41) is 11.6. The molecule has 0 bridgehead atoms. The number of aryl methyl sites for hydroxylation is 1. The number of hydrogen-bond donors (Lipinski definition) is 1. The zero-order valence-corrected chi connectivity index (χ0v) is 8.90. The number of nitrogens with zero attached hydrogens (tertiary/aromatic N) is 3. The van der Waals surface area contributed by atoms with E-state index in [-0.39, 0.29) is 0 Å². The van der Waals surface area contributed by atoms with Gasteiger partial charge in [0.15, 0.2) is 0 Å². The van der Waals surface area contributed by atoms with Crippen LogP contribution in [0.5, 0.6) is 0 Å². The van der Waals surface area contributed by atoms with E-state index < -0.39 is 0 Å². The summed E-state index contributed by atoms with van der Waals surface area (Å²) in [5.74, 6) is 0.827. The maximum atomic E-state index is 4.10. The minimum Gasteiger partial charge on any atom is -0.313 e. The fourth-order valence-electron chi connectivity index (χ4n) is 1.97. The molecule has 0 aliphatic carbocycles. The van der Waals surface area contributed by atoms with Gasteiger partial charge in [0.05, 0.1) is 5.69 Å². The van der Waals surface area contributed by atoms with Crippen molar-refractivity contribution in [2.75, 3.05) is 6.54 Å². The molecule has 14 heavy (non-hydrogen) atoms. The van der Waals surface area contributed by atoms with E-state index in [4.69, 9.17) is 0 Å². The van der Waals surface area contributed by atoms with Crippen molar-refractivity contribution in [3.05, 3.63) is 11.9 Å². The summed E-state index contributed by atoms with van der Waals surface area (Å²) >= 11 is 0. The van der Waals surface area contributed by atoms with E-state index in [0.717, 1.165) is 24.6 Å². The Morgan fingerprint density at radius 1 is 1.57 bits per heavy atom. The van der Waals surface area contributed by atoms with Gasteiger partial charge >= 0.3 is 0 Å². The molecule has 0 spiro atoms. The first-order valence-electron chi connectivity index (χ1n) is 5.32. The van der Waals surface area contributed by atoms with E-state index in [0.29, 0.717) is 6.04 Å². The predicted molar refractivity (Wildman–Crippen MR) is 54.9 cm³/mol. The predicted octanol–water partition coefficient (Wildman–Crippen LogP) is 0.746. The lowest BCUT2D eigenvalue weighted by molar-refractivity contribution is 0.325. The fraction of sp³-hybridized carbons (Fsp3) is 0.800. The summed E-state index contributed by atoms with van der Waals surface area (Å²) in [5.41, 5.74) is 1.10. The van der Waals surface area contributed by atoms with Crippen molar-refractivity contribution in [3.8, 4) is 0 Å². The van der Waals surface area contributed by atoms with Crippen molar-refractivity contribution in [3.63, 3.8) is 0 Å². The maximum Gasteiger partial charge on any atom is 0.0842 e. The lowest BCUT2D eigenvalue weighted by Gasteiger charge is -2.27. The molecule has 4 nitrogen and oxygen atoms in total. The van der Waals surface area contributed by atoms with Gasteiger partial charge in [-0.15, -0.1) is 5.10 Å². The molecule has 1 aliphatic rings. The summed E-state index contributed by atoms with van der Waals surface area (Å²) in [6.07, 6.45) is 5.61. The highest BCUT2D eigenvalue weighted by Gasteiger charge is 2.18. The summed E-state index contributed by atoms with van der Waals surface area (Å²) < 4.78 is 1.76. The van der Waals surface area contributed by atoms with Gasteiger partial charge in [0.2, 0.25) is 0 Å². The normalized spacial score (nSPS) is 27.9. The number of aromatic nitrogens is 3. The van der Waals surface area contributed by atoms with E-state index in [9.17, 15) is 0 Å². The number of piperidine rings is 1. The van der Waals surface area contributed by atoms with Gasteiger partial charge in [-0.25, -0.2) is 0 Å². The van der Waals surface area contributed by atoms with Crippen LogP contribution in [0.4, 0.5) is 0 Å². The highest BCUT2D eigenvalue weighted by atomic mass is 15.4. The first kappa shape index (κ1) is 9.65.